The van der Waals surface area contributed by atoms with E-state index in [1.165, 1.54) is 39.1 Å². The number of hydrogen-bond acceptors (Lipinski definition) is 3. The van der Waals surface area contributed by atoms with Crippen molar-refractivity contribution in [2.45, 2.75) is 45.4 Å². The summed E-state index contributed by atoms with van der Waals surface area (Å²) in [6, 6.07) is 11.3. The molecular weight excluding hydrogens is 322 g/mol. The number of fused-ring (bicyclic) bond motifs is 7. The number of methoxy groups -OCH3 is 1. The average Bonchev–Trinajstić information content (AvgIpc) is 3.10. The predicted molar refractivity (Wildman–Crippen MR) is 106 cm³/mol. The molecular formula is C23H25NO2. The number of benzene rings is 3. The van der Waals surface area contributed by atoms with Crippen molar-refractivity contribution >= 4 is 21.5 Å². The first-order chi connectivity index (χ1) is 12.6. The minimum atomic E-state index is -0.414. The molecule has 0 spiro atoms. The van der Waals surface area contributed by atoms with Gasteiger partial charge in [0, 0.05) is 12.6 Å². The second kappa shape index (κ2) is 5.70. The second-order valence-corrected chi connectivity index (χ2v) is 7.93. The highest BCUT2D eigenvalue weighted by atomic mass is 16.5. The molecule has 2 aliphatic rings. The number of aliphatic hydroxyl groups is 1. The van der Waals surface area contributed by atoms with Gasteiger partial charge in [0.15, 0.2) is 0 Å². The molecule has 3 nitrogen and oxygen atoms in total. The summed E-state index contributed by atoms with van der Waals surface area (Å²) in [5.74, 6) is 0.921. The van der Waals surface area contributed by atoms with Crippen LogP contribution in [-0.4, -0.2) is 29.7 Å². The van der Waals surface area contributed by atoms with Crippen LogP contribution in [0.15, 0.2) is 30.3 Å². The monoisotopic (exact) mass is 347 g/mol. The number of rotatable bonds is 1. The van der Waals surface area contributed by atoms with E-state index in [1.807, 2.05) is 0 Å². The maximum atomic E-state index is 11.3. The van der Waals surface area contributed by atoms with Gasteiger partial charge in [-0.2, -0.15) is 0 Å². The van der Waals surface area contributed by atoms with E-state index in [9.17, 15) is 5.11 Å². The van der Waals surface area contributed by atoms with E-state index in [0.717, 1.165) is 36.4 Å². The molecule has 3 heteroatoms. The lowest BCUT2D eigenvalue weighted by atomic mass is 9.83. The molecule has 0 saturated carbocycles. The smallest absolute Gasteiger partial charge is 0.122 e. The summed E-state index contributed by atoms with van der Waals surface area (Å²) in [7, 11) is 1.73. The van der Waals surface area contributed by atoms with Gasteiger partial charge in [0.05, 0.1) is 13.2 Å². The van der Waals surface area contributed by atoms with Crippen molar-refractivity contribution in [1.82, 2.24) is 4.90 Å². The molecule has 0 aromatic heterocycles. The third-order valence-electron chi connectivity index (χ3n) is 6.38. The van der Waals surface area contributed by atoms with Crippen molar-refractivity contribution in [1.29, 1.82) is 0 Å². The quantitative estimate of drug-likeness (QED) is 0.652. The fourth-order valence-corrected chi connectivity index (χ4v) is 5.11. The van der Waals surface area contributed by atoms with Gasteiger partial charge in [-0.1, -0.05) is 23.8 Å². The van der Waals surface area contributed by atoms with Crippen LogP contribution >= 0.6 is 0 Å². The Morgan fingerprint density at radius 3 is 2.65 bits per heavy atom. The molecule has 3 aromatic rings. The molecule has 2 aliphatic heterocycles. The highest BCUT2D eigenvalue weighted by Gasteiger charge is 2.38. The maximum absolute atomic E-state index is 11.3. The molecule has 2 atom stereocenters. The van der Waals surface area contributed by atoms with Crippen molar-refractivity contribution in [2.75, 3.05) is 13.7 Å². The van der Waals surface area contributed by atoms with E-state index in [2.05, 4.69) is 49.1 Å². The summed E-state index contributed by atoms with van der Waals surface area (Å²) in [4.78, 5) is 2.46. The SMILES string of the molecule is COc1cc2c3c(c4ccc(C)cc4c2cc1C)C(O)C1CCCN1C3. The Kier molecular flexibility index (Phi) is 3.53. The van der Waals surface area contributed by atoms with Crippen molar-refractivity contribution in [3.63, 3.8) is 0 Å². The molecule has 134 valence electrons. The van der Waals surface area contributed by atoms with Gasteiger partial charge in [0.25, 0.3) is 0 Å². The fourth-order valence-electron chi connectivity index (χ4n) is 5.11. The Bertz CT molecular complexity index is 1040. The van der Waals surface area contributed by atoms with E-state index in [0.29, 0.717) is 0 Å². The minimum Gasteiger partial charge on any atom is -0.496 e. The van der Waals surface area contributed by atoms with Crippen LogP contribution in [0.1, 0.15) is 41.2 Å². The summed E-state index contributed by atoms with van der Waals surface area (Å²) in [5.41, 5.74) is 4.82. The largest absolute Gasteiger partial charge is 0.496 e. The average molecular weight is 347 g/mol. The standard InChI is InChI=1S/C23H25NO2/c1-13-6-7-15-16(9-13)17-10-14(2)21(26-3)11-18(17)19-12-24-8-4-5-20(24)23(25)22(15)19/h6-7,9-11,20,23,25H,4-5,8,12H2,1-3H3. The van der Waals surface area contributed by atoms with E-state index >= 15 is 0 Å². The lowest BCUT2D eigenvalue weighted by molar-refractivity contribution is 0.0552. The maximum Gasteiger partial charge on any atom is 0.122 e. The van der Waals surface area contributed by atoms with E-state index in [-0.39, 0.29) is 6.04 Å². The lowest BCUT2D eigenvalue weighted by Gasteiger charge is -2.37. The molecule has 1 N–H and O–H groups in total. The van der Waals surface area contributed by atoms with Crippen LogP contribution < -0.4 is 4.74 Å². The lowest BCUT2D eigenvalue weighted by Crippen LogP contribution is -2.39. The van der Waals surface area contributed by atoms with Gasteiger partial charge in [-0.3, -0.25) is 4.90 Å². The first kappa shape index (κ1) is 16.1. The Balaban J connectivity index is 1.94. The van der Waals surface area contributed by atoms with Gasteiger partial charge in [-0.15, -0.1) is 0 Å². The molecule has 0 bridgehead atoms. The zero-order valence-corrected chi connectivity index (χ0v) is 15.7. The van der Waals surface area contributed by atoms with Crippen molar-refractivity contribution in [2.24, 2.45) is 0 Å². The van der Waals surface area contributed by atoms with Crippen molar-refractivity contribution < 1.29 is 9.84 Å². The molecule has 1 fully saturated rings. The molecule has 5 rings (SSSR count). The Morgan fingerprint density at radius 1 is 1.04 bits per heavy atom. The normalized spacial score (nSPS) is 22.6. The van der Waals surface area contributed by atoms with Gasteiger partial charge in [-0.05, 0) is 83.6 Å². The van der Waals surface area contributed by atoms with Gasteiger partial charge in [-0.25, -0.2) is 0 Å². The van der Waals surface area contributed by atoms with E-state index in [1.54, 1.807) is 7.11 Å². The van der Waals surface area contributed by atoms with Gasteiger partial charge >= 0.3 is 0 Å². The first-order valence-electron chi connectivity index (χ1n) is 9.54. The third-order valence-corrected chi connectivity index (χ3v) is 6.38. The Hall–Kier alpha value is -2.10. The highest BCUT2D eigenvalue weighted by Crippen LogP contribution is 2.45. The molecule has 2 unspecified atom stereocenters. The molecule has 1 saturated heterocycles. The first-order valence-corrected chi connectivity index (χ1v) is 9.54. The summed E-state index contributed by atoms with van der Waals surface area (Å²) in [6.45, 7) is 6.24. The van der Waals surface area contributed by atoms with Crippen LogP contribution in [0.4, 0.5) is 0 Å². The summed E-state index contributed by atoms with van der Waals surface area (Å²) in [6.07, 6.45) is 1.85. The van der Waals surface area contributed by atoms with Gasteiger partial charge in [0.2, 0.25) is 0 Å². The van der Waals surface area contributed by atoms with Gasteiger partial charge < -0.3 is 9.84 Å². The van der Waals surface area contributed by atoms with Crippen molar-refractivity contribution in [3.8, 4) is 5.75 Å². The number of hydrogen-bond donors (Lipinski definition) is 1. The number of aliphatic hydroxyl groups excluding tert-OH is 1. The molecule has 0 aliphatic carbocycles. The second-order valence-electron chi connectivity index (χ2n) is 7.93. The molecule has 2 heterocycles. The Labute approximate surface area is 154 Å². The zero-order valence-electron chi connectivity index (χ0n) is 15.7. The number of aryl methyl sites for hydroxylation is 2. The molecule has 0 amide bonds. The van der Waals surface area contributed by atoms with Crippen LogP contribution in [0.2, 0.25) is 0 Å². The third kappa shape index (κ3) is 2.14. The van der Waals surface area contributed by atoms with Crippen LogP contribution in [0.5, 0.6) is 5.75 Å². The topological polar surface area (TPSA) is 32.7 Å². The molecule has 3 aromatic carbocycles. The zero-order chi connectivity index (χ0) is 18.0. The van der Waals surface area contributed by atoms with Gasteiger partial charge in [0.1, 0.15) is 5.75 Å². The predicted octanol–water partition coefficient (Wildman–Crippen LogP) is 4.63. The molecule has 26 heavy (non-hydrogen) atoms. The minimum absolute atomic E-state index is 0.261. The summed E-state index contributed by atoms with van der Waals surface area (Å²) < 4.78 is 5.62. The van der Waals surface area contributed by atoms with E-state index in [4.69, 9.17) is 4.74 Å². The summed E-state index contributed by atoms with van der Waals surface area (Å²) in [5, 5.41) is 16.2. The number of ether oxygens (including phenoxy) is 1. The molecule has 0 radical (unpaired) electrons. The van der Waals surface area contributed by atoms with Crippen LogP contribution in [0.3, 0.4) is 0 Å². The Morgan fingerprint density at radius 2 is 1.85 bits per heavy atom. The van der Waals surface area contributed by atoms with Crippen LogP contribution in [-0.2, 0) is 6.54 Å². The fraction of sp³-hybridized carbons (Fsp3) is 0.391. The number of nitrogens with zero attached hydrogens (tertiary/aromatic N) is 1. The van der Waals surface area contributed by atoms with E-state index < -0.39 is 6.10 Å². The van der Waals surface area contributed by atoms with Crippen molar-refractivity contribution in [3.05, 3.63) is 52.6 Å². The van der Waals surface area contributed by atoms with Crippen LogP contribution in [0, 0.1) is 13.8 Å². The highest BCUT2D eigenvalue weighted by molar-refractivity contribution is 6.12. The van der Waals surface area contributed by atoms with Crippen LogP contribution in [0.25, 0.3) is 21.5 Å². The summed E-state index contributed by atoms with van der Waals surface area (Å²) >= 11 is 0.